The first-order valence-corrected chi connectivity index (χ1v) is 7.65. The van der Waals surface area contributed by atoms with Gasteiger partial charge in [-0.2, -0.15) is 0 Å². The molecule has 4 heteroatoms. The van der Waals surface area contributed by atoms with E-state index in [0.717, 1.165) is 0 Å². The number of piperidine rings is 1. The molecule has 0 radical (unpaired) electrons. The van der Waals surface area contributed by atoms with Gasteiger partial charge in [0, 0.05) is 27.0 Å². The Kier molecular flexibility index (Phi) is 1.77. The zero-order valence-electron chi connectivity index (χ0n) is 16.6. The summed E-state index contributed by atoms with van der Waals surface area (Å²) in [6.45, 7) is 0.445. The molecule has 22 heavy (non-hydrogen) atoms. The molecule has 1 spiro atoms. The van der Waals surface area contributed by atoms with Gasteiger partial charge in [-0.1, -0.05) is 18.2 Å². The molecule has 5 atom stereocenters. The van der Waals surface area contributed by atoms with Crippen LogP contribution in [-0.2, 0) is 11.8 Å². The van der Waals surface area contributed by atoms with Crippen LogP contribution in [0.3, 0.4) is 0 Å². The van der Waals surface area contributed by atoms with Crippen LogP contribution in [0.15, 0.2) is 24.3 Å². The summed E-state index contributed by atoms with van der Waals surface area (Å²) >= 11 is 0. The van der Waals surface area contributed by atoms with Gasteiger partial charge in [-0.05, 0) is 38.0 Å². The lowest BCUT2D eigenvalue weighted by Crippen LogP contribution is -2.64. The minimum Gasteiger partial charge on any atom is -0.493 e. The summed E-state index contributed by atoms with van der Waals surface area (Å²) < 4.78 is 47.5. The van der Waals surface area contributed by atoms with Crippen LogP contribution in [0.5, 0.6) is 11.5 Å². The lowest BCUT2D eigenvalue weighted by molar-refractivity contribution is -0.0453. The van der Waals surface area contributed by atoms with Crippen molar-refractivity contribution in [1.82, 2.24) is 4.90 Å². The average Bonchev–Trinajstić information content (AvgIpc) is 2.87. The van der Waals surface area contributed by atoms with E-state index < -0.39 is 35.9 Å². The first-order chi connectivity index (χ1) is 12.2. The molecule has 2 bridgehead atoms. The minimum absolute atomic E-state index is 0.336. The minimum atomic E-state index is -1.98. The van der Waals surface area contributed by atoms with E-state index in [1.807, 2.05) is 0 Å². The Morgan fingerprint density at radius 1 is 1.50 bits per heavy atom. The molecular weight excluding hydrogens is 278 g/mol. The third-order valence-electron chi connectivity index (χ3n) is 5.53. The van der Waals surface area contributed by atoms with Crippen LogP contribution in [0.1, 0.15) is 23.0 Å². The summed E-state index contributed by atoms with van der Waals surface area (Å²) in [5.74, 6) is 0.144. The van der Waals surface area contributed by atoms with Gasteiger partial charge in [0.15, 0.2) is 11.5 Å². The van der Waals surface area contributed by atoms with Gasteiger partial charge in [0.2, 0.25) is 0 Å². The Balaban J connectivity index is 1.96. The predicted octanol–water partition coefficient (Wildman–Crippen LogP) is 1.50. The number of methoxy groups -OCH3 is 1. The maximum absolute atomic E-state index is 10.7. The SMILES string of the molecule is [2H]C12Oc3c(OC)ccc4c3[C@@]13CCN(C)[C@@]([2H])([C@@H]3C=CC2O)C4([2H])[2H]. The van der Waals surface area contributed by atoms with Crippen molar-refractivity contribution in [3.8, 4) is 11.5 Å². The van der Waals surface area contributed by atoms with E-state index >= 15 is 0 Å². The topological polar surface area (TPSA) is 41.9 Å². The van der Waals surface area contributed by atoms with Crippen molar-refractivity contribution in [3.63, 3.8) is 0 Å². The smallest absolute Gasteiger partial charge is 0.165 e. The fourth-order valence-electron chi connectivity index (χ4n) is 4.54. The number of hydrogen-bond donors (Lipinski definition) is 1. The summed E-state index contributed by atoms with van der Waals surface area (Å²) in [6.07, 6.45) is -1.14. The van der Waals surface area contributed by atoms with Crippen molar-refractivity contribution in [1.29, 1.82) is 0 Å². The molecule has 1 aromatic rings. The lowest BCUT2D eigenvalue weighted by atomic mass is 9.53. The molecule has 4 nitrogen and oxygen atoms in total. The number of hydrogen-bond acceptors (Lipinski definition) is 4. The highest BCUT2D eigenvalue weighted by Crippen LogP contribution is 2.62. The summed E-state index contributed by atoms with van der Waals surface area (Å²) in [5, 5.41) is 10.7. The second-order valence-electron chi connectivity index (χ2n) is 6.45. The zero-order chi connectivity index (χ0) is 18.7. The Morgan fingerprint density at radius 3 is 3.18 bits per heavy atom. The normalized spacial score (nSPS) is 52.7. The zero-order valence-corrected chi connectivity index (χ0v) is 12.6. The van der Waals surface area contributed by atoms with Gasteiger partial charge in [0.1, 0.15) is 12.2 Å². The number of nitrogens with zero attached hydrogens (tertiary/aromatic N) is 1. The summed E-state index contributed by atoms with van der Waals surface area (Å²) in [6, 6.07) is 1.68. The summed E-state index contributed by atoms with van der Waals surface area (Å²) in [7, 11) is 3.26. The Morgan fingerprint density at radius 2 is 2.36 bits per heavy atom. The van der Waals surface area contributed by atoms with Crippen molar-refractivity contribution in [2.75, 3.05) is 20.7 Å². The predicted molar refractivity (Wildman–Crippen MR) is 82.5 cm³/mol. The molecule has 4 aliphatic rings. The van der Waals surface area contributed by atoms with Crippen molar-refractivity contribution < 1.29 is 20.1 Å². The fourth-order valence-corrected chi connectivity index (χ4v) is 4.54. The number of aliphatic hydroxyl groups excluding tert-OH is 1. The summed E-state index contributed by atoms with van der Waals surface area (Å²) in [4.78, 5) is 1.73. The first-order valence-electron chi connectivity index (χ1n) is 9.65. The monoisotopic (exact) mass is 303 g/mol. The molecular formula is C18H21NO3. The molecule has 2 aliphatic carbocycles. The van der Waals surface area contributed by atoms with E-state index in [9.17, 15) is 6.48 Å². The van der Waals surface area contributed by atoms with E-state index in [2.05, 4.69) is 0 Å². The number of ether oxygens (including phenoxy) is 2. The molecule has 1 fully saturated rings. The number of benzene rings is 1. The molecule has 0 aromatic heterocycles. The van der Waals surface area contributed by atoms with E-state index in [0.29, 0.717) is 35.6 Å². The van der Waals surface area contributed by atoms with Crippen LogP contribution in [0, 0.1) is 5.92 Å². The molecule has 2 aliphatic heterocycles. The molecule has 1 N–H and O–H groups in total. The van der Waals surface area contributed by atoms with Gasteiger partial charge in [-0.15, -0.1) is 0 Å². The quantitative estimate of drug-likeness (QED) is 0.799. The van der Waals surface area contributed by atoms with Gasteiger partial charge >= 0.3 is 0 Å². The highest BCUT2D eigenvalue weighted by Gasteiger charge is 2.64. The van der Waals surface area contributed by atoms with Crippen LogP contribution >= 0.6 is 0 Å². The maximum atomic E-state index is 10.7. The molecule has 2 heterocycles. The van der Waals surface area contributed by atoms with Crippen LogP contribution in [0.4, 0.5) is 0 Å². The Hall–Kier alpha value is -1.52. The van der Waals surface area contributed by atoms with E-state index in [4.69, 9.17) is 13.6 Å². The molecule has 2 unspecified atom stereocenters. The highest BCUT2D eigenvalue weighted by molar-refractivity contribution is 5.62. The average molecular weight is 303 g/mol. The first kappa shape index (κ1) is 9.58. The third kappa shape index (κ3) is 1.28. The number of rotatable bonds is 1. The number of likely N-dealkylation sites (N-methyl/N-ethyl adjacent to an activating group) is 1. The Bertz CT molecular complexity index is 861. The van der Waals surface area contributed by atoms with Crippen LogP contribution in [-0.4, -0.2) is 48.9 Å². The van der Waals surface area contributed by atoms with Crippen molar-refractivity contribution in [3.05, 3.63) is 35.4 Å². The molecule has 5 rings (SSSR count). The van der Waals surface area contributed by atoms with Crippen LogP contribution < -0.4 is 9.47 Å². The third-order valence-corrected chi connectivity index (χ3v) is 5.53. The van der Waals surface area contributed by atoms with Crippen molar-refractivity contribution in [2.45, 2.75) is 36.4 Å². The molecule has 0 saturated carbocycles. The van der Waals surface area contributed by atoms with Crippen LogP contribution in [0.2, 0.25) is 0 Å². The van der Waals surface area contributed by atoms with Crippen molar-refractivity contribution in [2.24, 2.45) is 5.92 Å². The highest BCUT2D eigenvalue weighted by atomic mass is 16.5. The molecule has 1 aromatic carbocycles. The van der Waals surface area contributed by atoms with E-state index in [1.54, 1.807) is 30.2 Å². The largest absolute Gasteiger partial charge is 0.493 e. The second kappa shape index (κ2) is 4.06. The molecule has 0 amide bonds. The van der Waals surface area contributed by atoms with E-state index in [-0.39, 0.29) is 0 Å². The summed E-state index contributed by atoms with van der Waals surface area (Å²) in [5.41, 5.74) is -0.0239. The molecule has 1 saturated heterocycles. The van der Waals surface area contributed by atoms with Gasteiger partial charge in [-0.3, -0.25) is 0 Å². The molecule has 116 valence electrons. The van der Waals surface area contributed by atoms with Crippen LogP contribution in [0.25, 0.3) is 0 Å². The standard InChI is InChI=1S/C18H21NO3/c1-19-8-7-18-11-4-5-13(20)17(18)22-16-14(21-2)6-3-10(15(16)18)9-12(11)19/h3-6,11-13,17,20H,7-9H2,1-2H3/t11-,12+,13?,17?,18-/m0/s1/i9D2,12D,17D. The van der Waals surface area contributed by atoms with Gasteiger partial charge in [0.05, 0.1) is 8.48 Å². The van der Waals surface area contributed by atoms with Crippen molar-refractivity contribution >= 4 is 0 Å². The second-order valence-corrected chi connectivity index (χ2v) is 6.45. The van der Waals surface area contributed by atoms with Gasteiger partial charge < -0.3 is 19.5 Å². The number of aliphatic hydroxyl groups is 1. The van der Waals surface area contributed by atoms with E-state index in [1.165, 1.54) is 13.2 Å². The lowest BCUT2D eigenvalue weighted by Gasteiger charge is -2.56. The number of likely N-dealkylation sites (tertiary alicyclic amines) is 1. The maximum Gasteiger partial charge on any atom is 0.165 e. The fraction of sp³-hybridized carbons (Fsp3) is 0.556. The Labute approximate surface area is 135 Å². The van der Waals surface area contributed by atoms with Gasteiger partial charge in [0.25, 0.3) is 0 Å². The van der Waals surface area contributed by atoms with Gasteiger partial charge in [-0.25, -0.2) is 0 Å².